The van der Waals surface area contributed by atoms with Crippen molar-refractivity contribution in [3.63, 3.8) is 0 Å². The highest BCUT2D eigenvalue weighted by Gasteiger charge is 2.23. The maximum Gasteiger partial charge on any atom is 0.251 e. The second-order valence-electron chi connectivity index (χ2n) is 8.00. The van der Waals surface area contributed by atoms with Crippen LogP contribution in [0.2, 0.25) is 0 Å². The van der Waals surface area contributed by atoms with Crippen LogP contribution in [0.15, 0.2) is 72.8 Å². The molecule has 1 N–H and O–H groups in total. The van der Waals surface area contributed by atoms with Crippen molar-refractivity contribution in [1.82, 2.24) is 10.2 Å². The van der Waals surface area contributed by atoms with Gasteiger partial charge in [0, 0.05) is 43.0 Å². The van der Waals surface area contributed by atoms with E-state index in [1.165, 1.54) is 31.0 Å². The van der Waals surface area contributed by atoms with Crippen molar-refractivity contribution in [3.8, 4) is 22.6 Å². The van der Waals surface area contributed by atoms with Crippen LogP contribution < -0.4 is 19.7 Å². The van der Waals surface area contributed by atoms with Crippen LogP contribution in [0.3, 0.4) is 0 Å². The predicted octanol–water partition coefficient (Wildman–Crippen LogP) is 3.45. The van der Waals surface area contributed by atoms with E-state index in [0.29, 0.717) is 30.2 Å². The molecule has 0 aliphatic carbocycles. The zero-order valence-electron chi connectivity index (χ0n) is 19.5. The molecule has 1 aliphatic heterocycles. The largest absolute Gasteiger partial charge is 0.493 e. The van der Waals surface area contributed by atoms with Crippen molar-refractivity contribution < 1.29 is 19.1 Å². The number of ether oxygens (including phenoxy) is 2. The standard InChI is InChI=1S/C27H29N3O4/c1-33-24-13-12-21(18-25(24)34-2)27(32)28-19-26(31)30-16-14-29(15-17-30)23-11-7-6-10-22(23)20-8-4-3-5-9-20/h3-13,18H,14-17,19H2,1-2H3,(H,28,32). The fourth-order valence-corrected chi connectivity index (χ4v) is 4.16. The molecule has 1 saturated heterocycles. The number of piperazine rings is 1. The van der Waals surface area contributed by atoms with Crippen LogP contribution in [0, 0.1) is 0 Å². The number of nitrogens with zero attached hydrogens (tertiary/aromatic N) is 2. The fourth-order valence-electron chi connectivity index (χ4n) is 4.16. The Bertz CT molecular complexity index is 1140. The van der Waals surface area contributed by atoms with E-state index >= 15 is 0 Å². The van der Waals surface area contributed by atoms with E-state index in [2.05, 4.69) is 34.5 Å². The number of carbonyl (C=O) groups is 2. The predicted molar refractivity (Wildman–Crippen MR) is 133 cm³/mol. The molecular formula is C27H29N3O4. The van der Waals surface area contributed by atoms with Gasteiger partial charge >= 0.3 is 0 Å². The lowest BCUT2D eigenvalue weighted by Gasteiger charge is -2.37. The molecule has 3 aromatic rings. The summed E-state index contributed by atoms with van der Waals surface area (Å²) >= 11 is 0. The summed E-state index contributed by atoms with van der Waals surface area (Å²) in [4.78, 5) is 29.4. The van der Waals surface area contributed by atoms with Gasteiger partial charge in [-0.2, -0.15) is 0 Å². The number of rotatable bonds is 7. The zero-order chi connectivity index (χ0) is 23.9. The van der Waals surface area contributed by atoms with Crippen LogP contribution in [0.5, 0.6) is 11.5 Å². The average Bonchev–Trinajstić information content (AvgIpc) is 2.91. The third-order valence-corrected chi connectivity index (χ3v) is 6.01. The first-order chi connectivity index (χ1) is 16.6. The Morgan fingerprint density at radius 2 is 1.50 bits per heavy atom. The summed E-state index contributed by atoms with van der Waals surface area (Å²) in [6, 6.07) is 23.6. The molecule has 7 heteroatoms. The molecule has 0 atom stereocenters. The van der Waals surface area contributed by atoms with Crippen LogP contribution in [-0.4, -0.2) is 63.7 Å². The van der Waals surface area contributed by atoms with Gasteiger partial charge in [0.05, 0.1) is 20.8 Å². The molecule has 0 radical (unpaired) electrons. The Hall–Kier alpha value is -4.00. The molecule has 0 saturated carbocycles. The SMILES string of the molecule is COc1ccc(C(=O)NCC(=O)N2CCN(c3ccccc3-c3ccccc3)CC2)cc1OC. The van der Waals surface area contributed by atoms with Gasteiger partial charge in [-0.1, -0.05) is 48.5 Å². The molecule has 7 nitrogen and oxygen atoms in total. The summed E-state index contributed by atoms with van der Waals surface area (Å²) in [5.41, 5.74) is 3.94. The van der Waals surface area contributed by atoms with Gasteiger partial charge in [-0.3, -0.25) is 9.59 Å². The number of amides is 2. The zero-order valence-corrected chi connectivity index (χ0v) is 19.5. The van der Waals surface area contributed by atoms with E-state index in [1.807, 2.05) is 30.3 Å². The molecule has 1 fully saturated rings. The Balaban J connectivity index is 1.33. The third kappa shape index (κ3) is 5.14. The molecule has 0 spiro atoms. The molecule has 0 unspecified atom stereocenters. The first kappa shape index (κ1) is 23.2. The topological polar surface area (TPSA) is 71.1 Å². The fraction of sp³-hybridized carbons (Fsp3) is 0.259. The highest BCUT2D eigenvalue weighted by Crippen LogP contribution is 2.31. The van der Waals surface area contributed by atoms with Crippen molar-refractivity contribution in [2.24, 2.45) is 0 Å². The van der Waals surface area contributed by atoms with Crippen molar-refractivity contribution in [2.45, 2.75) is 0 Å². The lowest BCUT2D eigenvalue weighted by Crippen LogP contribution is -2.51. The van der Waals surface area contributed by atoms with Gasteiger partial charge in [0.25, 0.3) is 5.91 Å². The second kappa shape index (κ2) is 10.7. The number of hydrogen-bond donors (Lipinski definition) is 1. The summed E-state index contributed by atoms with van der Waals surface area (Å²) in [6.45, 7) is 2.63. The molecule has 1 heterocycles. The molecule has 4 rings (SSSR count). The lowest BCUT2D eigenvalue weighted by atomic mass is 10.0. The first-order valence-corrected chi connectivity index (χ1v) is 11.3. The van der Waals surface area contributed by atoms with E-state index in [9.17, 15) is 9.59 Å². The molecule has 0 aromatic heterocycles. The minimum Gasteiger partial charge on any atom is -0.493 e. The van der Waals surface area contributed by atoms with Crippen LogP contribution in [-0.2, 0) is 4.79 Å². The van der Waals surface area contributed by atoms with E-state index in [4.69, 9.17) is 9.47 Å². The molecular weight excluding hydrogens is 430 g/mol. The average molecular weight is 460 g/mol. The van der Waals surface area contributed by atoms with Crippen molar-refractivity contribution in [3.05, 3.63) is 78.4 Å². The second-order valence-corrected chi connectivity index (χ2v) is 8.00. The quantitative estimate of drug-likeness (QED) is 0.586. The minimum absolute atomic E-state index is 0.0478. The molecule has 176 valence electrons. The smallest absolute Gasteiger partial charge is 0.251 e. The lowest BCUT2D eigenvalue weighted by molar-refractivity contribution is -0.130. The first-order valence-electron chi connectivity index (χ1n) is 11.3. The third-order valence-electron chi connectivity index (χ3n) is 6.01. The van der Waals surface area contributed by atoms with Crippen LogP contribution in [0.1, 0.15) is 10.4 Å². The van der Waals surface area contributed by atoms with Crippen molar-refractivity contribution >= 4 is 17.5 Å². The summed E-state index contributed by atoms with van der Waals surface area (Å²) in [5, 5.41) is 2.72. The molecule has 0 bridgehead atoms. The van der Waals surface area contributed by atoms with Gasteiger partial charge in [0.15, 0.2) is 11.5 Å². The van der Waals surface area contributed by atoms with E-state index in [1.54, 1.807) is 23.1 Å². The summed E-state index contributed by atoms with van der Waals surface area (Å²) < 4.78 is 10.4. The van der Waals surface area contributed by atoms with Crippen LogP contribution >= 0.6 is 0 Å². The van der Waals surface area contributed by atoms with Gasteiger partial charge in [0.1, 0.15) is 0 Å². The Kier molecular flexibility index (Phi) is 7.32. The molecule has 1 aliphatic rings. The van der Waals surface area contributed by atoms with Gasteiger partial charge in [0.2, 0.25) is 5.91 Å². The van der Waals surface area contributed by atoms with Gasteiger partial charge < -0.3 is 24.6 Å². The number of methoxy groups -OCH3 is 2. The van der Waals surface area contributed by atoms with Gasteiger partial charge in [-0.15, -0.1) is 0 Å². The highest BCUT2D eigenvalue weighted by atomic mass is 16.5. The number of nitrogens with one attached hydrogen (secondary N) is 1. The molecule has 34 heavy (non-hydrogen) atoms. The maximum absolute atomic E-state index is 12.7. The normalized spacial score (nSPS) is 13.4. The number of carbonyl (C=O) groups excluding carboxylic acids is 2. The number of benzene rings is 3. The summed E-state index contributed by atoms with van der Waals surface area (Å²) in [5.74, 6) is 0.588. The molecule has 2 amide bonds. The van der Waals surface area contributed by atoms with Gasteiger partial charge in [-0.05, 0) is 29.8 Å². The number of hydrogen-bond acceptors (Lipinski definition) is 5. The van der Waals surface area contributed by atoms with E-state index in [-0.39, 0.29) is 18.4 Å². The number of anilines is 1. The van der Waals surface area contributed by atoms with E-state index < -0.39 is 0 Å². The van der Waals surface area contributed by atoms with Gasteiger partial charge in [-0.25, -0.2) is 0 Å². The highest BCUT2D eigenvalue weighted by molar-refractivity contribution is 5.97. The summed E-state index contributed by atoms with van der Waals surface area (Å²) in [6.07, 6.45) is 0. The van der Waals surface area contributed by atoms with Crippen molar-refractivity contribution in [2.75, 3.05) is 51.8 Å². The van der Waals surface area contributed by atoms with Crippen molar-refractivity contribution in [1.29, 1.82) is 0 Å². The Morgan fingerprint density at radius 3 is 2.21 bits per heavy atom. The van der Waals surface area contributed by atoms with Crippen LogP contribution in [0.4, 0.5) is 5.69 Å². The molecule has 3 aromatic carbocycles. The Morgan fingerprint density at radius 1 is 0.824 bits per heavy atom. The monoisotopic (exact) mass is 459 g/mol. The van der Waals surface area contributed by atoms with Crippen LogP contribution in [0.25, 0.3) is 11.1 Å². The summed E-state index contributed by atoms with van der Waals surface area (Å²) in [7, 11) is 3.05. The maximum atomic E-state index is 12.7. The Labute approximate surface area is 199 Å². The number of para-hydroxylation sites is 1. The minimum atomic E-state index is -0.329. The van der Waals surface area contributed by atoms with E-state index in [0.717, 1.165) is 13.1 Å².